The Kier molecular flexibility index (Phi) is 5.39. The Morgan fingerprint density at radius 3 is 2.35 bits per heavy atom. The summed E-state index contributed by atoms with van der Waals surface area (Å²) in [5.41, 5.74) is 7.11. The monoisotopic (exact) mass is 290 g/mol. The van der Waals surface area contributed by atoms with Gasteiger partial charge in [-0.15, -0.1) is 0 Å². The zero-order valence-corrected chi connectivity index (χ0v) is 12.0. The van der Waals surface area contributed by atoms with Gasteiger partial charge < -0.3 is 10.5 Å². The van der Waals surface area contributed by atoms with Crippen molar-refractivity contribution in [3.05, 3.63) is 23.4 Å². The van der Waals surface area contributed by atoms with Crippen LogP contribution in [0.5, 0.6) is 5.88 Å². The van der Waals surface area contributed by atoms with Gasteiger partial charge in [0.25, 0.3) is 0 Å². The molecule has 1 aromatic rings. The standard InChI is InChI=1S/C14H21F3N2O/c1-13(2,3)11-7-10(9-18)8-12(19-11)20-6-4-5-14(15,16)17/h7-8H,4-6,9,18H2,1-3H3. The van der Waals surface area contributed by atoms with Crippen LogP contribution >= 0.6 is 0 Å². The molecule has 0 fully saturated rings. The Bertz CT molecular complexity index is 439. The first-order valence-corrected chi connectivity index (χ1v) is 6.53. The molecule has 1 heterocycles. The molecule has 20 heavy (non-hydrogen) atoms. The first-order valence-electron chi connectivity index (χ1n) is 6.53. The number of nitrogens with two attached hydrogens (primary N) is 1. The third-order valence-electron chi connectivity index (χ3n) is 2.72. The Labute approximate surface area is 117 Å². The zero-order chi connectivity index (χ0) is 15.4. The van der Waals surface area contributed by atoms with E-state index in [1.54, 1.807) is 6.07 Å². The van der Waals surface area contributed by atoms with E-state index in [9.17, 15) is 13.2 Å². The number of aromatic nitrogens is 1. The van der Waals surface area contributed by atoms with Crippen LogP contribution in [0.15, 0.2) is 12.1 Å². The molecule has 0 bridgehead atoms. The molecule has 0 saturated heterocycles. The molecule has 2 N–H and O–H groups in total. The lowest BCUT2D eigenvalue weighted by Crippen LogP contribution is -2.16. The van der Waals surface area contributed by atoms with Gasteiger partial charge >= 0.3 is 6.18 Å². The van der Waals surface area contributed by atoms with E-state index < -0.39 is 12.6 Å². The highest BCUT2D eigenvalue weighted by Crippen LogP contribution is 2.25. The Morgan fingerprint density at radius 2 is 1.85 bits per heavy atom. The molecular weight excluding hydrogens is 269 g/mol. The number of pyridine rings is 1. The average molecular weight is 290 g/mol. The lowest BCUT2D eigenvalue weighted by molar-refractivity contribution is -0.136. The SMILES string of the molecule is CC(C)(C)c1cc(CN)cc(OCCCC(F)(F)F)n1. The summed E-state index contributed by atoms with van der Waals surface area (Å²) in [4.78, 5) is 4.33. The topological polar surface area (TPSA) is 48.1 Å². The summed E-state index contributed by atoms with van der Waals surface area (Å²) >= 11 is 0. The highest BCUT2D eigenvalue weighted by molar-refractivity contribution is 5.28. The lowest BCUT2D eigenvalue weighted by atomic mass is 9.91. The fourth-order valence-corrected chi connectivity index (χ4v) is 1.58. The zero-order valence-electron chi connectivity index (χ0n) is 12.0. The van der Waals surface area contributed by atoms with E-state index >= 15 is 0 Å². The second kappa shape index (κ2) is 6.43. The van der Waals surface area contributed by atoms with Gasteiger partial charge in [-0.05, 0) is 18.1 Å². The number of nitrogens with zero attached hydrogens (tertiary/aromatic N) is 1. The molecular formula is C14H21F3N2O. The maximum absolute atomic E-state index is 12.0. The predicted octanol–water partition coefficient (Wildman–Crippen LogP) is 3.56. The Morgan fingerprint density at radius 1 is 1.20 bits per heavy atom. The third-order valence-corrected chi connectivity index (χ3v) is 2.72. The quantitative estimate of drug-likeness (QED) is 0.843. The van der Waals surface area contributed by atoms with Crippen LogP contribution in [0.2, 0.25) is 0 Å². The van der Waals surface area contributed by atoms with Crippen molar-refractivity contribution in [3.8, 4) is 5.88 Å². The van der Waals surface area contributed by atoms with Gasteiger partial charge in [-0.2, -0.15) is 13.2 Å². The van der Waals surface area contributed by atoms with E-state index in [2.05, 4.69) is 4.98 Å². The van der Waals surface area contributed by atoms with Crippen molar-refractivity contribution in [1.29, 1.82) is 0 Å². The van der Waals surface area contributed by atoms with Gasteiger partial charge in [0, 0.05) is 24.4 Å². The second-order valence-electron chi connectivity index (χ2n) is 5.72. The van der Waals surface area contributed by atoms with E-state index in [4.69, 9.17) is 10.5 Å². The summed E-state index contributed by atoms with van der Waals surface area (Å²) in [5, 5.41) is 0. The number of rotatable bonds is 5. The summed E-state index contributed by atoms with van der Waals surface area (Å²) < 4.78 is 41.4. The minimum Gasteiger partial charge on any atom is -0.478 e. The summed E-state index contributed by atoms with van der Waals surface area (Å²) in [6, 6.07) is 3.56. The van der Waals surface area contributed by atoms with Gasteiger partial charge in [0.05, 0.1) is 12.3 Å². The van der Waals surface area contributed by atoms with Gasteiger partial charge in [-0.3, -0.25) is 0 Å². The highest BCUT2D eigenvalue weighted by atomic mass is 19.4. The molecule has 0 saturated carbocycles. The normalized spacial score (nSPS) is 12.6. The predicted molar refractivity (Wildman–Crippen MR) is 71.6 cm³/mol. The molecule has 0 aromatic carbocycles. The van der Waals surface area contributed by atoms with Crippen LogP contribution in [-0.2, 0) is 12.0 Å². The van der Waals surface area contributed by atoms with E-state index in [0.29, 0.717) is 12.4 Å². The van der Waals surface area contributed by atoms with Crippen molar-refractivity contribution in [2.45, 2.75) is 51.7 Å². The molecule has 1 rings (SSSR count). The molecule has 0 spiro atoms. The summed E-state index contributed by atoms with van der Waals surface area (Å²) in [7, 11) is 0. The van der Waals surface area contributed by atoms with E-state index in [0.717, 1.165) is 11.3 Å². The van der Waals surface area contributed by atoms with Crippen LogP contribution in [0.3, 0.4) is 0 Å². The van der Waals surface area contributed by atoms with Crippen molar-refractivity contribution in [1.82, 2.24) is 4.98 Å². The van der Waals surface area contributed by atoms with Crippen molar-refractivity contribution in [2.24, 2.45) is 5.73 Å². The van der Waals surface area contributed by atoms with E-state index in [1.807, 2.05) is 26.8 Å². The molecule has 0 amide bonds. The van der Waals surface area contributed by atoms with Crippen LogP contribution in [0.25, 0.3) is 0 Å². The fourth-order valence-electron chi connectivity index (χ4n) is 1.58. The van der Waals surface area contributed by atoms with Gasteiger partial charge in [0.1, 0.15) is 0 Å². The molecule has 0 aliphatic heterocycles. The Balaban J connectivity index is 2.70. The van der Waals surface area contributed by atoms with Crippen molar-refractivity contribution < 1.29 is 17.9 Å². The number of ether oxygens (including phenoxy) is 1. The van der Waals surface area contributed by atoms with Crippen LogP contribution < -0.4 is 10.5 Å². The molecule has 0 unspecified atom stereocenters. The molecule has 0 atom stereocenters. The average Bonchev–Trinajstić information content (AvgIpc) is 2.32. The van der Waals surface area contributed by atoms with Gasteiger partial charge in [0.15, 0.2) is 0 Å². The van der Waals surface area contributed by atoms with Crippen LogP contribution in [-0.4, -0.2) is 17.8 Å². The summed E-state index contributed by atoms with van der Waals surface area (Å²) in [6.07, 6.45) is -5.08. The number of hydrogen-bond donors (Lipinski definition) is 1. The third kappa shape index (κ3) is 5.77. The first-order chi connectivity index (χ1) is 9.12. The van der Waals surface area contributed by atoms with Crippen LogP contribution in [0.4, 0.5) is 13.2 Å². The molecule has 3 nitrogen and oxygen atoms in total. The number of halogens is 3. The minimum absolute atomic E-state index is 0.00980. The molecule has 0 aliphatic carbocycles. The largest absolute Gasteiger partial charge is 0.478 e. The summed E-state index contributed by atoms with van der Waals surface area (Å²) in [5.74, 6) is 0.333. The van der Waals surface area contributed by atoms with Crippen LogP contribution in [0, 0.1) is 0 Å². The van der Waals surface area contributed by atoms with E-state index in [-0.39, 0.29) is 18.4 Å². The summed E-state index contributed by atoms with van der Waals surface area (Å²) in [6.45, 7) is 6.34. The lowest BCUT2D eigenvalue weighted by Gasteiger charge is -2.19. The first kappa shape index (κ1) is 16.8. The van der Waals surface area contributed by atoms with Crippen molar-refractivity contribution in [3.63, 3.8) is 0 Å². The molecule has 0 aliphatic rings. The minimum atomic E-state index is -4.15. The van der Waals surface area contributed by atoms with Gasteiger partial charge in [0.2, 0.25) is 5.88 Å². The molecule has 6 heteroatoms. The molecule has 114 valence electrons. The van der Waals surface area contributed by atoms with Crippen molar-refractivity contribution >= 4 is 0 Å². The molecule has 0 radical (unpaired) electrons. The van der Waals surface area contributed by atoms with Crippen molar-refractivity contribution in [2.75, 3.05) is 6.61 Å². The van der Waals surface area contributed by atoms with Gasteiger partial charge in [-0.25, -0.2) is 4.98 Å². The maximum Gasteiger partial charge on any atom is 0.389 e. The van der Waals surface area contributed by atoms with Gasteiger partial charge in [-0.1, -0.05) is 20.8 Å². The fraction of sp³-hybridized carbons (Fsp3) is 0.643. The van der Waals surface area contributed by atoms with Crippen LogP contribution in [0.1, 0.15) is 44.9 Å². The van der Waals surface area contributed by atoms with E-state index in [1.165, 1.54) is 0 Å². The maximum atomic E-state index is 12.0. The smallest absolute Gasteiger partial charge is 0.389 e. The number of alkyl halides is 3. The molecule has 1 aromatic heterocycles. The second-order valence-corrected chi connectivity index (χ2v) is 5.72. The Hall–Kier alpha value is -1.30. The highest BCUT2D eigenvalue weighted by Gasteiger charge is 2.26. The number of hydrogen-bond acceptors (Lipinski definition) is 3.